The zero-order chi connectivity index (χ0) is 20.3. The highest BCUT2D eigenvalue weighted by Gasteiger charge is 2.27. The summed E-state index contributed by atoms with van der Waals surface area (Å²) < 4.78 is 10.1. The minimum Gasteiger partial charge on any atom is -0.507 e. The van der Waals surface area contributed by atoms with Gasteiger partial charge in [-0.05, 0) is 36.8 Å². The van der Waals surface area contributed by atoms with Crippen molar-refractivity contribution in [2.75, 3.05) is 13.7 Å². The SMILES string of the molecule is CCOC(=O)CC(c1ccc(OC)c(O)c1)c1c(O)c2ccccc2[nH]c1=O. The number of nitrogens with one attached hydrogen (secondary N) is 1. The number of aromatic hydroxyl groups is 2. The number of fused-ring (bicyclic) bond motifs is 1. The lowest BCUT2D eigenvalue weighted by atomic mass is 9.87. The number of ether oxygens (including phenoxy) is 2. The molecule has 3 aromatic rings. The van der Waals surface area contributed by atoms with Crippen LogP contribution in [0.3, 0.4) is 0 Å². The molecular weight excluding hydrogens is 362 g/mol. The Labute approximate surface area is 161 Å². The lowest BCUT2D eigenvalue weighted by molar-refractivity contribution is -0.143. The van der Waals surface area contributed by atoms with E-state index >= 15 is 0 Å². The van der Waals surface area contributed by atoms with Gasteiger partial charge < -0.3 is 24.7 Å². The van der Waals surface area contributed by atoms with E-state index in [0.29, 0.717) is 16.5 Å². The molecule has 7 nitrogen and oxygen atoms in total. The number of benzene rings is 2. The fraction of sp³-hybridized carbons (Fsp3) is 0.238. The lowest BCUT2D eigenvalue weighted by Crippen LogP contribution is -2.21. The quantitative estimate of drug-likeness (QED) is 0.565. The van der Waals surface area contributed by atoms with Gasteiger partial charge in [0.25, 0.3) is 5.56 Å². The molecule has 0 saturated heterocycles. The van der Waals surface area contributed by atoms with Gasteiger partial charge in [0.15, 0.2) is 11.5 Å². The molecule has 0 radical (unpaired) electrons. The third kappa shape index (κ3) is 3.64. The number of rotatable bonds is 6. The van der Waals surface area contributed by atoms with Crippen molar-refractivity contribution in [2.45, 2.75) is 19.3 Å². The van der Waals surface area contributed by atoms with Crippen LogP contribution in [0.25, 0.3) is 10.9 Å². The summed E-state index contributed by atoms with van der Waals surface area (Å²) in [5.41, 5.74) is 0.487. The Balaban J connectivity index is 2.19. The molecule has 146 valence electrons. The number of phenols is 1. The highest BCUT2D eigenvalue weighted by molar-refractivity contribution is 5.86. The van der Waals surface area contributed by atoms with Gasteiger partial charge in [-0.2, -0.15) is 0 Å². The maximum absolute atomic E-state index is 12.8. The van der Waals surface area contributed by atoms with Crippen molar-refractivity contribution in [3.8, 4) is 17.2 Å². The summed E-state index contributed by atoms with van der Waals surface area (Å²) in [6.07, 6.45) is -0.172. The molecule has 0 aliphatic heterocycles. The number of para-hydroxylation sites is 1. The van der Waals surface area contributed by atoms with Crippen LogP contribution >= 0.6 is 0 Å². The molecule has 0 bridgehead atoms. The monoisotopic (exact) mass is 383 g/mol. The van der Waals surface area contributed by atoms with Gasteiger partial charge in [-0.3, -0.25) is 9.59 Å². The van der Waals surface area contributed by atoms with Crippen LogP contribution in [0.1, 0.15) is 30.4 Å². The number of H-pyrrole nitrogens is 1. The van der Waals surface area contributed by atoms with E-state index in [4.69, 9.17) is 9.47 Å². The van der Waals surface area contributed by atoms with Gasteiger partial charge in [0.2, 0.25) is 0 Å². The fourth-order valence-corrected chi connectivity index (χ4v) is 3.26. The molecule has 0 fully saturated rings. The van der Waals surface area contributed by atoms with Crippen LogP contribution in [-0.4, -0.2) is 34.9 Å². The Bertz CT molecular complexity index is 1070. The van der Waals surface area contributed by atoms with E-state index < -0.39 is 17.4 Å². The number of aromatic nitrogens is 1. The summed E-state index contributed by atoms with van der Waals surface area (Å²) in [5, 5.41) is 21.4. The second-order valence-electron chi connectivity index (χ2n) is 6.26. The van der Waals surface area contributed by atoms with Crippen LogP contribution in [-0.2, 0) is 9.53 Å². The van der Waals surface area contributed by atoms with Gasteiger partial charge in [0.05, 0.1) is 31.2 Å². The number of pyridine rings is 1. The first kappa shape index (κ1) is 19.3. The average molecular weight is 383 g/mol. The van der Waals surface area contributed by atoms with E-state index in [-0.39, 0.29) is 35.8 Å². The minimum absolute atomic E-state index is 0.0383. The van der Waals surface area contributed by atoms with Gasteiger partial charge in [0.1, 0.15) is 5.75 Å². The van der Waals surface area contributed by atoms with Gasteiger partial charge in [-0.25, -0.2) is 0 Å². The Morgan fingerprint density at radius 3 is 2.61 bits per heavy atom. The van der Waals surface area contributed by atoms with Crippen LogP contribution in [0, 0.1) is 0 Å². The van der Waals surface area contributed by atoms with Crippen LogP contribution in [0.15, 0.2) is 47.3 Å². The summed E-state index contributed by atoms with van der Waals surface area (Å²) in [6, 6.07) is 11.4. The van der Waals surface area contributed by atoms with Crippen LogP contribution in [0.2, 0.25) is 0 Å². The molecule has 1 aromatic heterocycles. The molecule has 0 aliphatic rings. The number of hydrogen-bond donors (Lipinski definition) is 3. The Hall–Kier alpha value is -3.48. The molecule has 1 atom stereocenters. The minimum atomic E-state index is -0.816. The molecule has 0 amide bonds. The van der Waals surface area contributed by atoms with Crippen molar-refractivity contribution in [1.29, 1.82) is 0 Å². The van der Waals surface area contributed by atoms with E-state index in [1.165, 1.54) is 19.2 Å². The molecule has 0 aliphatic carbocycles. The standard InChI is InChI=1S/C21H21NO6/c1-3-28-18(24)11-14(12-8-9-17(27-2)16(23)10-12)19-20(25)13-6-4-5-7-15(13)22-21(19)26/h4-10,14,23H,3,11H2,1-2H3,(H2,22,25,26). The van der Waals surface area contributed by atoms with Crippen LogP contribution in [0.5, 0.6) is 17.2 Å². The van der Waals surface area contributed by atoms with Crippen LogP contribution < -0.4 is 10.3 Å². The molecule has 1 unspecified atom stereocenters. The molecule has 28 heavy (non-hydrogen) atoms. The molecule has 7 heteroatoms. The normalized spacial score (nSPS) is 11.9. The van der Waals surface area contributed by atoms with Crippen molar-refractivity contribution < 1.29 is 24.5 Å². The first-order chi connectivity index (χ1) is 13.5. The summed E-state index contributed by atoms with van der Waals surface area (Å²) in [6.45, 7) is 1.88. The van der Waals surface area contributed by atoms with E-state index in [2.05, 4.69) is 4.98 Å². The fourth-order valence-electron chi connectivity index (χ4n) is 3.26. The predicted octanol–water partition coefficient (Wildman–Crippen LogP) is 3.03. The van der Waals surface area contributed by atoms with E-state index in [1.807, 2.05) is 0 Å². The number of hydrogen-bond acceptors (Lipinski definition) is 6. The van der Waals surface area contributed by atoms with Gasteiger partial charge in [-0.15, -0.1) is 0 Å². The third-order valence-electron chi connectivity index (χ3n) is 4.56. The second-order valence-corrected chi connectivity index (χ2v) is 6.26. The molecule has 3 N–H and O–H groups in total. The van der Waals surface area contributed by atoms with Gasteiger partial charge >= 0.3 is 5.97 Å². The number of esters is 1. The topological polar surface area (TPSA) is 109 Å². The average Bonchev–Trinajstić information content (AvgIpc) is 2.67. The summed E-state index contributed by atoms with van der Waals surface area (Å²) in [5.74, 6) is -1.41. The van der Waals surface area contributed by atoms with E-state index in [9.17, 15) is 19.8 Å². The lowest BCUT2D eigenvalue weighted by Gasteiger charge is -2.19. The summed E-state index contributed by atoms with van der Waals surface area (Å²) in [4.78, 5) is 27.7. The van der Waals surface area contributed by atoms with Crippen molar-refractivity contribution in [1.82, 2.24) is 4.98 Å². The van der Waals surface area contributed by atoms with E-state index in [0.717, 1.165) is 0 Å². The first-order valence-electron chi connectivity index (χ1n) is 8.82. The van der Waals surface area contributed by atoms with Crippen molar-refractivity contribution in [3.63, 3.8) is 0 Å². The molecule has 0 saturated carbocycles. The van der Waals surface area contributed by atoms with Crippen LogP contribution in [0.4, 0.5) is 0 Å². The predicted molar refractivity (Wildman–Crippen MR) is 104 cm³/mol. The molecule has 0 spiro atoms. The van der Waals surface area contributed by atoms with Gasteiger partial charge in [0, 0.05) is 11.3 Å². The second kappa shape index (κ2) is 8.04. The third-order valence-corrected chi connectivity index (χ3v) is 4.56. The largest absolute Gasteiger partial charge is 0.507 e. The Kier molecular flexibility index (Phi) is 5.54. The molecular formula is C21H21NO6. The molecule has 3 rings (SSSR count). The Morgan fingerprint density at radius 1 is 1.18 bits per heavy atom. The maximum Gasteiger partial charge on any atom is 0.306 e. The number of aromatic amines is 1. The smallest absolute Gasteiger partial charge is 0.306 e. The maximum atomic E-state index is 12.8. The Morgan fingerprint density at radius 2 is 1.93 bits per heavy atom. The van der Waals surface area contributed by atoms with Gasteiger partial charge in [-0.1, -0.05) is 18.2 Å². The zero-order valence-electron chi connectivity index (χ0n) is 15.6. The molecule has 1 heterocycles. The number of methoxy groups -OCH3 is 1. The molecule has 2 aromatic carbocycles. The number of phenolic OH excluding ortho intramolecular Hbond substituents is 1. The number of carbonyl (C=O) groups excluding carboxylic acids is 1. The number of carbonyl (C=O) groups is 1. The van der Waals surface area contributed by atoms with Crippen molar-refractivity contribution >= 4 is 16.9 Å². The zero-order valence-corrected chi connectivity index (χ0v) is 15.6. The summed E-state index contributed by atoms with van der Waals surface area (Å²) in [7, 11) is 1.42. The first-order valence-corrected chi connectivity index (χ1v) is 8.82. The van der Waals surface area contributed by atoms with E-state index in [1.54, 1.807) is 37.3 Å². The van der Waals surface area contributed by atoms with Crippen molar-refractivity contribution in [2.24, 2.45) is 0 Å². The highest BCUT2D eigenvalue weighted by Crippen LogP contribution is 2.38. The van der Waals surface area contributed by atoms with Crippen molar-refractivity contribution in [3.05, 3.63) is 63.9 Å². The highest BCUT2D eigenvalue weighted by atomic mass is 16.5. The summed E-state index contributed by atoms with van der Waals surface area (Å²) >= 11 is 0.